The molecule has 1 N–H and O–H groups in total. The van der Waals surface area contributed by atoms with Crippen LogP contribution in [0.3, 0.4) is 0 Å². The van der Waals surface area contributed by atoms with Crippen LogP contribution in [-0.2, 0) is 25.4 Å². The first kappa shape index (κ1) is 14.8. The normalized spacial score (nSPS) is 25.0. The van der Waals surface area contributed by atoms with E-state index in [2.05, 4.69) is 4.98 Å². The summed E-state index contributed by atoms with van der Waals surface area (Å²) in [5.74, 6) is 0.247. The summed E-state index contributed by atoms with van der Waals surface area (Å²) >= 11 is 5.66. The molecule has 2 rings (SSSR count). The lowest BCUT2D eigenvalue weighted by molar-refractivity contribution is -0.00461. The summed E-state index contributed by atoms with van der Waals surface area (Å²) in [5.41, 5.74) is 0.672. The molecule has 19 heavy (non-hydrogen) atoms. The highest BCUT2D eigenvalue weighted by atomic mass is 35.5. The fourth-order valence-corrected chi connectivity index (χ4v) is 3.79. The van der Waals surface area contributed by atoms with Crippen LogP contribution in [0.15, 0.2) is 17.2 Å². The third-order valence-corrected chi connectivity index (χ3v) is 5.38. The molecule has 2 unspecified atom stereocenters. The average Bonchev–Trinajstić information content (AvgIpc) is 3.05. The van der Waals surface area contributed by atoms with Crippen molar-refractivity contribution in [2.75, 3.05) is 27.3 Å². The van der Waals surface area contributed by atoms with Crippen molar-refractivity contribution in [3.05, 3.63) is 18.0 Å². The van der Waals surface area contributed by atoms with Gasteiger partial charge in [0.05, 0.1) is 23.0 Å². The molecule has 0 radical (unpaired) electrons. The van der Waals surface area contributed by atoms with E-state index in [1.807, 2.05) is 0 Å². The quantitative estimate of drug-likeness (QED) is 0.816. The van der Waals surface area contributed by atoms with Gasteiger partial charge in [0.2, 0.25) is 10.0 Å². The molecule has 1 aromatic heterocycles. The second-order valence-electron chi connectivity index (χ2n) is 4.36. The third kappa shape index (κ3) is 2.80. The molecular weight excluding hydrogens is 292 g/mol. The second-order valence-corrected chi connectivity index (χ2v) is 6.57. The largest absolute Gasteiger partial charge is 0.377 e. The molecule has 1 aliphatic heterocycles. The minimum Gasteiger partial charge on any atom is -0.377 e. The van der Waals surface area contributed by atoms with Gasteiger partial charge in [0.25, 0.3) is 0 Å². The van der Waals surface area contributed by atoms with E-state index in [1.165, 1.54) is 10.5 Å². The van der Waals surface area contributed by atoms with E-state index in [0.29, 0.717) is 18.8 Å². The highest BCUT2D eigenvalue weighted by Crippen LogP contribution is 2.24. The Kier molecular flexibility index (Phi) is 4.52. The van der Waals surface area contributed by atoms with Gasteiger partial charge in [0.15, 0.2) is 0 Å². The smallest absolute Gasteiger partial charge is 0.244 e. The maximum absolute atomic E-state index is 12.4. The summed E-state index contributed by atoms with van der Waals surface area (Å²) in [6, 6.07) is 1.55. The molecule has 0 aromatic carbocycles. The number of nitrogens with zero attached hydrogens (tertiary/aromatic N) is 1. The van der Waals surface area contributed by atoms with Crippen LogP contribution in [-0.4, -0.2) is 57.2 Å². The van der Waals surface area contributed by atoms with Gasteiger partial charge < -0.3 is 14.5 Å². The van der Waals surface area contributed by atoms with Crippen molar-refractivity contribution in [3.63, 3.8) is 0 Å². The molecule has 1 fully saturated rings. The van der Waals surface area contributed by atoms with Crippen LogP contribution < -0.4 is 0 Å². The number of sulfonamides is 1. The number of rotatable bonds is 5. The third-order valence-electron chi connectivity index (χ3n) is 3.29. The summed E-state index contributed by atoms with van der Waals surface area (Å²) < 4.78 is 36.7. The van der Waals surface area contributed by atoms with Gasteiger partial charge in [0.1, 0.15) is 0 Å². The lowest BCUT2D eigenvalue weighted by Gasteiger charge is -2.14. The number of ether oxygens (including phenoxy) is 2. The summed E-state index contributed by atoms with van der Waals surface area (Å²) in [4.78, 5) is 3.05. The minimum absolute atomic E-state index is 0.217. The zero-order valence-corrected chi connectivity index (χ0v) is 12.4. The molecule has 0 aliphatic carbocycles. The number of aromatic nitrogens is 1. The SMILES string of the molecule is COC1CN(S(=O)(=O)c2c[nH]c(CCl)c2)CC1OC. The topological polar surface area (TPSA) is 71.6 Å². The van der Waals surface area contributed by atoms with Crippen LogP contribution in [0.4, 0.5) is 0 Å². The minimum atomic E-state index is -3.53. The molecule has 1 aliphatic rings. The number of methoxy groups -OCH3 is 2. The first-order valence-corrected chi connectivity index (χ1v) is 7.79. The Morgan fingerprint density at radius 2 is 1.95 bits per heavy atom. The monoisotopic (exact) mass is 308 g/mol. The molecule has 1 saturated heterocycles. The van der Waals surface area contributed by atoms with Gasteiger partial charge in [-0.15, -0.1) is 11.6 Å². The lowest BCUT2D eigenvalue weighted by Crippen LogP contribution is -2.29. The molecule has 0 spiro atoms. The van der Waals surface area contributed by atoms with Gasteiger partial charge in [-0.3, -0.25) is 0 Å². The first-order chi connectivity index (χ1) is 9.02. The Morgan fingerprint density at radius 3 is 2.37 bits per heavy atom. The van der Waals surface area contributed by atoms with E-state index in [4.69, 9.17) is 21.1 Å². The van der Waals surface area contributed by atoms with Crippen molar-refractivity contribution in [2.45, 2.75) is 23.0 Å². The molecule has 0 amide bonds. The van der Waals surface area contributed by atoms with Crippen molar-refractivity contribution < 1.29 is 17.9 Å². The van der Waals surface area contributed by atoms with Crippen LogP contribution in [0.25, 0.3) is 0 Å². The van der Waals surface area contributed by atoms with Crippen LogP contribution in [0, 0.1) is 0 Å². The Morgan fingerprint density at radius 1 is 1.37 bits per heavy atom. The molecule has 1 aromatic rings. The fraction of sp³-hybridized carbons (Fsp3) is 0.636. The van der Waals surface area contributed by atoms with Gasteiger partial charge in [-0.25, -0.2) is 8.42 Å². The fourth-order valence-electron chi connectivity index (χ4n) is 2.15. The van der Waals surface area contributed by atoms with E-state index in [-0.39, 0.29) is 23.0 Å². The van der Waals surface area contributed by atoms with E-state index in [0.717, 1.165) is 0 Å². The molecule has 6 nitrogen and oxygen atoms in total. The van der Waals surface area contributed by atoms with Crippen molar-refractivity contribution in [2.24, 2.45) is 0 Å². The van der Waals surface area contributed by atoms with Crippen molar-refractivity contribution in [1.29, 1.82) is 0 Å². The number of H-pyrrole nitrogens is 1. The zero-order chi connectivity index (χ0) is 14.0. The number of hydrogen-bond donors (Lipinski definition) is 1. The van der Waals surface area contributed by atoms with E-state index in [9.17, 15) is 8.42 Å². The Bertz CT molecular complexity index is 519. The highest BCUT2D eigenvalue weighted by Gasteiger charge is 2.40. The number of hydrogen-bond acceptors (Lipinski definition) is 4. The predicted octanol–water partition coefficient (Wildman–Crippen LogP) is 0.788. The van der Waals surface area contributed by atoms with Crippen molar-refractivity contribution >= 4 is 21.6 Å². The first-order valence-electron chi connectivity index (χ1n) is 5.82. The van der Waals surface area contributed by atoms with Crippen LogP contribution in [0.5, 0.6) is 0 Å². The summed E-state index contributed by atoms with van der Waals surface area (Å²) in [5, 5.41) is 0. The Labute approximate surface area is 117 Å². The molecule has 8 heteroatoms. The highest BCUT2D eigenvalue weighted by molar-refractivity contribution is 7.89. The summed E-state index contributed by atoms with van der Waals surface area (Å²) in [6.07, 6.45) is 0.965. The number of aromatic amines is 1. The van der Waals surface area contributed by atoms with Crippen molar-refractivity contribution in [3.8, 4) is 0 Å². The number of alkyl halides is 1. The van der Waals surface area contributed by atoms with E-state index in [1.54, 1.807) is 20.3 Å². The molecule has 0 bridgehead atoms. The van der Waals surface area contributed by atoms with Crippen LogP contribution in [0.1, 0.15) is 5.69 Å². The molecule has 0 saturated carbocycles. The molecule has 2 heterocycles. The average molecular weight is 309 g/mol. The molecule has 2 atom stereocenters. The zero-order valence-electron chi connectivity index (χ0n) is 10.8. The van der Waals surface area contributed by atoms with Gasteiger partial charge >= 0.3 is 0 Å². The second kappa shape index (κ2) is 5.80. The number of nitrogens with one attached hydrogen (secondary N) is 1. The lowest BCUT2D eigenvalue weighted by atomic mass is 10.3. The van der Waals surface area contributed by atoms with Gasteiger partial charge in [-0.2, -0.15) is 4.31 Å². The van der Waals surface area contributed by atoms with Gasteiger partial charge in [-0.1, -0.05) is 0 Å². The maximum atomic E-state index is 12.4. The van der Waals surface area contributed by atoms with Crippen LogP contribution in [0.2, 0.25) is 0 Å². The number of halogens is 1. The van der Waals surface area contributed by atoms with Crippen LogP contribution >= 0.6 is 11.6 Å². The molecule has 108 valence electrons. The van der Waals surface area contributed by atoms with E-state index >= 15 is 0 Å². The van der Waals surface area contributed by atoms with Crippen molar-refractivity contribution in [1.82, 2.24) is 9.29 Å². The predicted molar refractivity (Wildman–Crippen MR) is 70.7 cm³/mol. The Hall–Kier alpha value is -0.600. The standard InChI is InChI=1S/C11H17ClN2O4S/c1-17-10-6-14(7-11(10)18-2)19(15,16)9-3-8(4-12)13-5-9/h3,5,10-11,13H,4,6-7H2,1-2H3. The maximum Gasteiger partial charge on any atom is 0.244 e. The summed E-state index contributed by atoms with van der Waals surface area (Å²) in [7, 11) is -0.430. The Balaban J connectivity index is 2.21. The summed E-state index contributed by atoms with van der Waals surface area (Å²) in [6.45, 7) is 0.581. The molecular formula is C11H17ClN2O4S. The van der Waals surface area contributed by atoms with E-state index < -0.39 is 10.0 Å². The van der Waals surface area contributed by atoms with Gasteiger partial charge in [-0.05, 0) is 6.07 Å². The van der Waals surface area contributed by atoms with Gasteiger partial charge in [0, 0.05) is 39.2 Å².